The fraction of sp³-hybridized carbons (Fsp3) is 1.00. The number of hydrogen-bond acceptors (Lipinski definition) is 3. The number of hydrogen-bond donors (Lipinski definition) is 2. The lowest BCUT2D eigenvalue weighted by atomic mass is 9.67. The van der Waals surface area contributed by atoms with Crippen molar-refractivity contribution < 1.29 is 5.11 Å². The van der Waals surface area contributed by atoms with Crippen LogP contribution in [0.25, 0.3) is 0 Å². The first kappa shape index (κ1) is 16.3. The second-order valence-corrected chi connectivity index (χ2v) is 7.79. The van der Waals surface area contributed by atoms with Gasteiger partial charge in [-0.15, -0.1) is 0 Å². The molecule has 0 spiro atoms. The van der Waals surface area contributed by atoms with Crippen LogP contribution in [0.3, 0.4) is 0 Å². The van der Waals surface area contributed by atoms with E-state index >= 15 is 0 Å². The lowest BCUT2D eigenvalue weighted by molar-refractivity contribution is 0.0440. The summed E-state index contributed by atoms with van der Waals surface area (Å²) in [5.74, 6) is 1.31. The fourth-order valence-electron chi connectivity index (χ4n) is 4.55. The minimum atomic E-state index is -0.129. The molecule has 0 aromatic heterocycles. The van der Waals surface area contributed by atoms with Gasteiger partial charge in [0, 0.05) is 12.6 Å². The van der Waals surface area contributed by atoms with E-state index in [1.807, 2.05) is 6.92 Å². The van der Waals surface area contributed by atoms with Gasteiger partial charge in [-0.25, -0.2) is 0 Å². The van der Waals surface area contributed by atoms with E-state index in [2.05, 4.69) is 31.1 Å². The number of aliphatic hydroxyl groups is 1. The average Bonchev–Trinajstić information content (AvgIpc) is 2.38. The lowest BCUT2D eigenvalue weighted by Crippen LogP contribution is -2.52. The second-order valence-electron chi connectivity index (χ2n) is 7.79. The van der Waals surface area contributed by atoms with Gasteiger partial charge in [-0.05, 0) is 70.0 Å². The van der Waals surface area contributed by atoms with Gasteiger partial charge in [0.25, 0.3) is 0 Å². The quantitative estimate of drug-likeness (QED) is 0.831. The van der Waals surface area contributed by atoms with Gasteiger partial charge in [0.2, 0.25) is 0 Å². The Labute approximate surface area is 125 Å². The summed E-state index contributed by atoms with van der Waals surface area (Å²) in [6.45, 7) is 10.4. The molecule has 20 heavy (non-hydrogen) atoms. The Hall–Kier alpha value is -0.120. The van der Waals surface area contributed by atoms with E-state index in [9.17, 15) is 5.11 Å². The molecule has 3 atom stereocenters. The van der Waals surface area contributed by atoms with E-state index in [4.69, 9.17) is 0 Å². The molecule has 2 rings (SSSR count). The molecule has 0 bridgehead atoms. The van der Waals surface area contributed by atoms with Gasteiger partial charge >= 0.3 is 0 Å². The van der Waals surface area contributed by atoms with Crippen LogP contribution in [0.4, 0.5) is 0 Å². The zero-order valence-corrected chi connectivity index (χ0v) is 13.9. The first-order valence-electron chi connectivity index (χ1n) is 8.51. The SMILES string of the molecule is CNC1C(CN2CCC(C(C)O)CC2)CCCC1(C)C. The van der Waals surface area contributed by atoms with Crippen molar-refractivity contribution in [2.24, 2.45) is 17.3 Å². The highest BCUT2D eigenvalue weighted by atomic mass is 16.3. The third-order valence-corrected chi connectivity index (χ3v) is 5.83. The van der Waals surface area contributed by atoms with Crippen LogP contribution in [0.5, 0.6) is 0 Å². The summed E-state index contributed by atoms with van der Waals surface area (Å²) in [5, 5.41) is 13.3. The zero-order valence-electron chi connectivity index (χ0n) is 13.9. The fourth-order valence-corrected chi connectivity index (χ4v) is 4.55. The summed E-state index contributed by atoms with van der Waals surface area (Å²) >= 11 is 0. The van der Waals surface area contributed by atoms with Crippen molar-refractivity contribution in [3.05, 3.63) is 0 Å². The Kier molecular flexibility index (Phi) is 5.49. The molecule has 3 nitrogen and oxygen atoms in total. The molecule has 1 aliphatic carbocycles. The molecule has 0 radical (unpaired) electrons. The highest BCUT2D eigenvalue weighted by Crippen LogP contribution is 2.39. The molecule has 3 heteroatoms. The largest absolute Gasteiger partial charge is 0.393 e. The topological polar surface area (TPSA) is 35.5 Å². The summed E-state index contributed by atoms with van der Waals surface area (Å²) in [5.41, 5.74) is 0.426. The Bertz CT molecular complexity index is 295. The number of aliphatic hydroxyl groups excluding tert-OH is 1. The van der Waals surface area contributed by atoms with Gasteiger partial charge in [-0.3, -0.25) is 0 Å². The van der Waals surface area contributed by atoms with Gasteiger partial charge in [0.05, 0.1) is 6.10 Å². The van der Waals surface area contributed by atoms with Crippen LogP contribution in [-0.2, 0) is 0 Å². The van der Waals surface area contributed by atoms with Gasteiger partial charge in [-0.2, -0.15) is 0 Å². The summed E-state index contributed by atoms with van der Waals surface area (Å²) in [4.78, 5) is 2.63. The van der Waals surface area contributed by atoms with Crippen LogP contribution in [-0.4, -0.2) is 48.8 Å². The van der Waals surface area contributed by atoms with Gasteiger partial charge < -0.3 is 15.3 Å². The Morgan fingerprint density at radius 2 is 1.90 bits per heavy atom. The molecule has 118 valence electrons. The maximum Gasteiger partial charge on any atom is 0.0541 e. The van der Waals surface area contributed by atoms with E-state index in [1.54, 1.807) is 0 Å². The van der Waals surface area contributed by atoms with Crippen molar-refractivity contribution in [1.29, 1.82) is 0 Å². The molecule has 1 heterocycles. The van der Waals surface area contributed by atoms with E-state index < -0.39 is 0 Å². The summed E-state index contributed by atoms with van der Waals surface area (Å²) < 4.78 is 0. The number of rotatable bonds is 4. The Morgan fingerprint density at radius 3 is 2.45 bits per heavy atom. The average molecular weight is 282 g/mol. The molecule has 1 saturated heterocycles. The maximum atomic E-state index is 9.71. The first-order valence-corrected chi connectivity index (χ1v) is 8.51. The molecule has 3 unspecified atom stereocenters. The minimum Gasteiger partial charge on any atom is -0.393 e. The smallest absolute Gasteiger partial charge is 0.0541 e. The third kappa shape index (κ3) is 3.75. The monoisotopic (exact) mass is 282 g/mol. The minimum absolute atomic E-state index is 0.129. The van der Waals surface area contributed by atoms with Crippen LogP contribution >= 0.6 is 0 Å². The van der Waals surface area contributed by atoms with Crippen molar-refractivity contribution in [3.63, 3.8) is 0 Å². The summed E-state index contributed by atoms with van der Waals surface area (Å²) in [6.07, 6.45) is 6.29. The molecule has 0 amide bonds. The molecular formula is C17H34N2O. The normalized spacial score (nSPS) is 34.0. The van der Waals surface area contributed by atoms with E-state index in [1.165, 1.54) is 38.9 Å². The van der Waals surface area contributed by atoms with Gasteiger partial charge in [0.15, 0.2) is 0 Å². The number of nitrogens with one attached hydrogen (secondary N) is 1. The van der Waals surface area contributed by atoms with Crippen molar-refractivity contribution in [2.75, 3.05) is 26.7 Å². The molecule has 0 aromatic carbocycles. The van der Waals surface area contributed by atoms with Crippen LogP contribution in [0.1, 0.15) is 52.9 Å². The first-order chi connectivity index (χ1) is 9.44. The number of likely N-dealkylation sites (tertiary alicyclic amines) is 1. The van der Waals surface area contributed by atoms with Crippen LogP contribution < -0.4 is 5.32 Å². The molecule has 1 aliphatic heterocycles. The summed E-state index contributed by atoms with van der Waals surface area (Å²) in [6, 6.07) is 0.644. The third-order valence-electron chi connectivity index (χ3n) is 5.83. The molecular weight excluding hydrogens is 248 g/mol. The highest BCUT2D eigenvalue weighted by Gasteiger charge is 2.38. The standard InChI is InChI=1S/C17H34N2O/c1-13(20)14-7-10-19(11-8-14)12-15-6-5-9-17(2,3)16(15)18-4/h13-16,18,20H,5-12H2,1-4H3. The zero-order chi connectivity index (χ0) is 14.8. The molecule has 2 fully saturated rings. The highest BCUT2D eigenvalue weighted by molar-refractivity contribution is 4.94. The molecule has 2 N–H and O–H groups in total. The van der Waals surface area contributed by atoms with E-state index in [-0.39, 0.29) is 6.10 Å². The van der Waals surface area contributed by atoms with Crippen molar-refractivity contribution in [1.82, 2.24) is 10.2 Å². The Morgan fingerprint density at radius 1 is 1.25 bits per heavy atom. The van der Waals surface area contributed by atoms with Crippen LogP contribution in [0.15, 0.2) is 0 Å². The maximum absolute atomic E-state index is 9.71. The molecule has 0 aromatic rings. The summed E-state index contributed by atoms with van der Waals surface area (Å²) in [7, 11) is 2.13. The van der Waals surface area contributed by atoms with Crippen LogP contribution in [0, 0.1) is 17.3 Å². The van der Waals surface area contributed by atoms with Crippen LogP contribution in [0.2, 0.25) is 0 Å². The predicted octanol–water partition coefficient (Wildman–Crippen LogP) is 2.49. The van der Waals surface area contributed by atoms with E-state index in [0.29, 0.717) is 17.4 Å². The van der Waals surface area contributed by atoms with Crippen molar-refractivity contribution >= 4 is 0 Å². The molecule has 2 aliphatic rings. The number of nitrogens with zero attached hydrogens (tertiary/aromatic N) is 1. The van der Waals surface area contributed by atoms with Gasteiger partial charge in [-0.1, -0.05) is 20.3 Å². The lowest BCUT2D eigenvalue weighted by Gasteiger charge is -2.46. The Balaban J connectivity index is 1.87. The molecule has 1 saturated carbocycles. The van der Waals surface area contributed by atoms with Gasteiger partial charge in [0.1, 0.15) is 0 Å². The van der Waals surface area contributed by atoms with Crippen molar-refractivity contribution in [3.8, 4) is 0 Å². The van der Waals surface area contributed by atoms with Crippen molar-refractivity contribution in [2.45, 2.75) is 65.0 Å². The second kappa shape index (κ2) is 6.76. The van der Waals surface area contributed by atoms with E-state index in [0.717, 1.165) is 18.8 Å². The number of piperidine rings is 1. The predicted molar refractivity (Wildman–Crippen MR) is 84.8 cm³/mol.